The van der Waals surface area contributed by atoms with E-state index in [1.165, 1.54) is 35.7 Å². The Morgan fingerprint density at radius 3 is 3.00 bits per heavy atom. The number of aromatic nitrogens is 1. The van der Waals surface area contributed by atoms with Gasteiger partial charge in [-0.05, 0) is 37.8 Å². The molecule has 20 heavy (non-hydrogen) atoms. The van der Waals surface area contributed by atoms with Crippen LogP contribution in [-0.4, -0.2) is 11.2 Å². The fourth-order valence-electron chi connectivity index (χ4n) is 2.19. The minimum atomic E-state index is -0.388. The van der Waals surface area contributed by atoms with Gasteiger partial charge in [0.1, 0.15) is 5.82 Å². The molecule has 1 aliphatic carbocycles. The number of nitrogens with zero attached hydrogens (tertiary/aromatic N) is 2. The van der Waals surface area contributed by atoms with Gasteiger partial charge < -0.3 is 0 Å². The molecular weight excluding hydrogens is 297 g/mol. The van der Waals surface area contributed by atoms with Crippen LogP contribution >= 0.6 is 22.9 Å². The minimum Gasteiger partial charge on any atom is -0.253 e. The van der Waals surface area contributed by atoms with Crippen molar-refractivity contribution < 1.29 is 4.39 Å². The molecule has 0 amide bonds. The van der Waals surface area contributed by atoms with Crippen LogP contribution < -0.4 is 5.43 Å². The van der Waals surface area contributed by atoms with Crippen molar-refractivity contribution in [3.05, 3.63) is 45.2 Å². The predicted octanol–water partition coefficient (Wildman–Crippen LogP) is 4.26. The average molecular weight is 310 g/mol. The number of hydrazone groups is 1. The highest BCUT2D eigenvalue weighted by Crippen LogP contribution is 2.29. The predicted molar refractivity (Wildman–Crippen MR) is 81.4 cm³/mol. The average Bonchev–Trinajstić information content (AvgIpc) is 2.84. The molecule has 0 saturated heterocycles. The summed E-state index contributed by atoms with van der Waals surface area (Å²) in [4.78, 5) is 5.83. The third-order valence-corrected chi connectivity index (χ3v) is 4.59. The van der Waals surface area contributed by atoms with E-state index >= 15 is 0 Å². The van der Waals surface area contributed by atoms with Crippen LogP contribution in [0.15, 0.2) is 23.3 Å². The lowest BCUT2D eigenvalue weighted by molar-refractivity contribution is 0.626. The van der Waals surface area contributed by atoms with Gasteiger partial charge in [0.15, 0.2) is 0 Å². The Hall–Kier alpha value is -1.46. The van der Waals surface area contributed by atoms with Crippen molar-refractivity contribution in [1.82, 2.24) is 4.98 Å². The van der Waals surface area contributed by atoms with Crippen LogP contribution in [0.1, 0.15) is 29.0 Å². The molecule has 1 aromatic carbocycles. The van der Waals surface area contributed by atoms with E-state index in [1.807, 2.05) is 0 Å². The maximum absolute atomic E-state index is 13.5. The quantitative estimate of drug-likeness (QED) is 0.679. The second kappa shape index (κ2) is 5.89. The van der Waals surface area contributed by atoms with Crippen molar-refractivity contribution in [2.24, 2.45) is 5.10 Å². The summed E-state index contributed by atoms with van der Waals surface area (Å²) in [6.07, 6.45) is 5.94. The van der Waals surface area contributed by atoms with E-state index in [9.17, 15) is 4.39 Å². The van der Waals surface area contributed by atoms with Gasteiger partial charge in [0.2, 0.25) is 5.13 Å². The first-order chi connectivity index (χ1) is 9.74. The smallest absolute Gasteiger partial charge is 0.203 e. The van der Waals surface area contributed by atoms with E-state index in [2.05, 4.69) is 15.5 Å². The normalized spacial score (nSPS) is 14.5. The number of rotatable bonds is 3. The molecular formula is C14H13ClFN3S. The summed E-state index contributed by atoms with van der Waals surface area (Å²) < 4.78 is 13.5. The van der Waals surface area contributed by atoms with Crippen molar-refractivity contribution in [2.45, 2.75) is 25.7 Å². The first kappa shape index (κ1) is 13.5. The zero-order valence-electron chi connectivity index (χ0n) is 10.7. The maximum atomic E-state index is 13.5. The van der Waals surface area contributed by atoms with Crippen molar-refractivity contribution in [2.75, 3.05) is 5.43 Å². The van der Waals surface area contributed by atoms with Gasteiger partial charge in [-0.15, -0.1) is 11.3 Å². The summed E-state index contributed by atoms with van der Waals surface area (Å²) >= 11 is 7.54. The van der Waals surface area contributed by atoms with E-state index < -0.39 is 0 Å². The Morgan fingerprint density at radius 1 is 1.35 bits per heavy atom. The molecule has 0 unspecified atom stereocenters. The molecule has 104 valence electrons. The van der Waals surface area contributed by atoms with Gasteiger partial charge in [0.25, 0.3) is 0 Å². The molecule has 0 fully saturated rings. The van der Waals surface area contributed by atoms with Crippen molar-refractivity contribution in [3.8, 4) is 0 Å². The number of hydrogen-bond acceptors (Lipinski definition) is 4. The second-order valence-electron chi connectivity index (χ2n) is 4.60. The summed E-state index contributed by atoms with van der Waals surface area (Å²) in [6, 6.07) is 4.56. The van der Waals surface area contributed by atoms with E-state index in [0.717, 1.165) is 18.0 Å². The second-order valence-corrected chi connectivity index (χ2v) is 6.09. The molecule has 0 aliphatic heterocycles. The highest BCUT2D eigenvalue weighted by atomic mass is 35.5. The number of thiazole rings is 1. The highest BCUT2D eigenvalue weighted by molar-refractivity contribution is 7.15. The number of hydrogen-bond donors (Lipinski definition) is 1. The monoisotopic (exact) mass is 309 g/mol. The molecule has 0 radical (unpaired) electrons. The lowest BCUT2D eigenvalue weighted by Crippen LogP contribution is -1.99. The zero-order chi connectivity index (χ0) is 13.9. The van der Waals surface area contributed by atoms with Crippen LogP contribution in [0.3, 0.4) is 0 Å². The molecule has 1 N–H and O–H groups in total. The standard InChI is InChI=1S/C14H13ClFN3S/c15-10-4-3-5-11(16)9(10)8-17-19-14-18-12-6-1-2-7-13(12)20-14/h3-5,8H,1-2,6-7H2,(H,18,19). The Labute approximate surface area is 125 Å². The zero-order valence-corrected chi connectivity index (χ0v) is 12.3. The molecule has 1 aliphatic rings. The Morgan fingerprint density at radius 2 is 2.20 bits per heavy atom. The number of aryl methyl sites for hydroxylation is 2. The topological polar surface area (TPSA) is 37.3 Å². The van der Waals surface area contributed by atoms with Crippen molar-refractivity contribution in [3.63, 3.8) is 0 Å². The highest BCUT2D eigenvalue weighted by Gasteiger charge is 2.14. The molecule has 1 aromatic heterocycles. The molecule has 0 saturated carbocycles. The summed E-state index contributed by atoms with van der Waals surface area (Å²) in [5, 5.41) is 5.12. The summed E-state index contributed by atoms with van der Waals surface area (Å²) in [6.45, 7) is 0. The molecule has 2 aromatic rings. The number of anilines is 1. The van der Waals surface area contributed by atoms with E-state index in [4.69, 9.17) is 11.6 Å². The van der Waals surface area contributed by atoms with Gasteiger partial charge in [-0.2, -0.15) is 5.10 Å². The van der Waals surface area contributed by atoms with Crippen molar-refractivity contribution >= 4 is 34.3 Å². The van der Waals surface area contributed by atoms with E-state index in [1.54, 1.807) is 23.5 Å². The lowest BCUT2D eigenvalue weighted by Gasteiger charge is -2.06. The third kappa shape index (κ3) is 2.83. The Kier molecular flexibility index (Phi) is 3.98. The Balaban J connectivity index is 1.73. The number of fused-ring (bicyclic) bond motifs is 1. The maximum Gasteiger partial charge on any atom is 0.203 e. The van der Waals surface area contributed by atoms with E-state index in [0.29, 0.717) is 5.02 Å². The fraction of sp³-hybridized carbons (Fsp3) is 0.286. The third-order valence-electron chi connectivity index (χ3n) is 3.20. The van der Waals surface area contributed by atoms with Gasteiger partial charge in [-0.3, -0.25) is 5.43 Å². The molecule has 1 heterocycles. The van der Waals surface area contributed by atoms with Gasteiger partial charge in [0.05, 0.1) is 16.9 Å². The van der Waals surface area contributed by atoms with Gasteiger partial charge >= 0.3 is 0 Å². The van der Waals surface area contributed by atoms with Crippen molar-refractivity contribution in [1.29, 1.82) is 0 Å². The molecule has 0 atom stereocenters. The van der Waals surface area contributed by atoms with Crippen LogP contribution in [0.5, 0.6) is 0 Å². The lowest BCUT2D eigenvalue weighted by atomic mass is 10.0. The first-order valence-corrected chi connectivity index (χ1v) is 7.65. The van der Waals surface area contributed by atoms with Gasteiger partial charge in [-0.25, -0.2) is 9.37 Å². The number of benzene rings is 1. The summed E-state index contributed by atoms with van der Waals surface area (Å²) in [5.74, 6) is -0.388. The molecule has 6 heteroatoms. The molecule has 0 bridgehead atoms. The van der Waals surface area contributed by atoms with Gasteiger partial charge in [-0.1, -0.05) is 17.7 Å². The largest absolute Gasteiger partial charge is 0.253 e. The minimum absolute atomic E-state index is 0.281. The van der Waals surface area contributed by atoms with Crippen LogP contribution in [0.25, 0.3) is 0 Å². The van der Waals surface area contributed by atoms with Crippen LogP contribution in [-0.2, 0) is 12.8 Å². The number of halogens is 2. The molecule has 3 nitrogen and oxygen atoms in total. The Bertz CT molecular complexity index is 610. The summed E-state index contributed by atoms with van der Waals surface area (Å²) in [5.41, 5.74) is 4.31. The SMILES string of the molecule is Fc1cccc(Cl)c1C=NNc1nc2c(s1)CCCC2. The van der Waals surface area contributed by atoms with Crippen LogP contribution in [0.2, 0.25) is 5.02 Å². The van der Waals surface area contributed by atoms with Crippen LogP contribution in [0.4, 0.5) is 9.52 Å². The van der Waals surface area contributed by atoms with Crippen LogP contribution in [0, 0.1) is 5.82 Å². The summed E-state index contributed by atoms with van der Waals surface area (Å²) in [7, 11) is 0. The molecule has 0 spiro atoms. The molecule has 3 rings (SSSR count). The van der Waals surface area contributed by atoms with Gasteiger partial charge in [0, 0.05) is 10.4 Å². The number of nitrogens with one attached hydrogen (secondary N) is 1. The van der Waals surface area contributed by atoms with E-state index in [-0.39, 0.29) is 11.4 Å². The first-order valence-electron chi connectivity index (χ1n) is 6.46. The fourth-order valence-corrected chi connectivity index (χ4v) is 3.40.